The Hall–Kier alpha value is -2.32. The number of nitrogens with one attached hydrogen (secondary N) is 1. The first-order chi connectivity index (χ1) is 10.4. The number of thiophene rings is 1. The van der Waals surface area contributed by atoms with Gasteiger partial charge in [0.15, 0.2) is 0 Å². The molecule has 0 unspecified atom stereocenters. The van der Waals surface area contributed by atoms with Gasteiger partial charge in [-0.25, -0.2) is 0 Å². The molecule has 2 heterocycles. The first kappa shape index (κ1) is 12.4. The van der Waals surface area contributed by atoms with E-state index in [0.29, 0.717) is 0 Å². The van der Waals surface area contributed by atoms with Gasteiger partial charge >= 0.3 is 0 Å². The van der Waals surface area contributed by atoms with Gasteiger partial charge in [-0.15, -0.1) is 11.3 Å². The second kappa shape index (κ2) is 5.23. The molecule has 4 rings (SSSR count). The van der Waals surface area contributed by atoms with Gasteiger partial charge in [-0.1, -0.05) is 54.6 Å². The lowest BCUT2D eigenvalue weighted by atomic mass is 10.0. The number of rotatable bonds is 3. The summed E-state index contributed by atoms with van der Waals surface area (Å²) in [7, 11) is 0. The van der Waals surface area contributed by atoms with E-state index in [0.717, 1.165) is 6.42 Å². The van der Waals surface area contributed by atoms with E-state index in [4.69, 9.17) is 0 Å². The molecule has 0 bridgehead atoms. The zero-order valence-electron chi connectivity index (χ0n) is 11.5. The van der Waals surface area contributed by atoms with Crippen LogP contribution < -0.4 is 0 Å². The normalized spacial score (nSPS) is 11.0. The van der Waals surface area contributed by atoms with Gasteiger partial charge in [-0.3, -0.25) is 0 Å². The van der Waals surface area contributed by atoms with Crippen molar-refractivity contribution in [2.24, 2.45) is 0 Å². The van der Waals surface area contributed by atoms with Gasteiger partial charge in [0, 0.05) is 17.3 Å². The van der Waals surface area contributed by atoms with E-state index in [2.05, 4.69) is 77.1 Å². The molecule has 0 aliphatic heterocycles. The first-order valence-corrected chi connectivity index (χ1v) is 7.97. The highest BCUT2D eigenvalue weighted by atomic mass is 32.1. The molecule has 0 saturated carbocycles. The molecule has 102 valence electrons. The van der Waals surface area contributed by atoms with Crippen LogP contribution in [0.25, 0.3) is 21.5 Å². The zero-order chi connectivity index (χ0) is 14.1. The first-order valence-electron chi connectivity index (χ1n) is 7.09. The molecule has 2 heteroatoms. The van der Waals surface area contributed by atoms with Crippen LogP contribution in [0.3, 0.4) is 0 Å². The standard InChI is InChI=1S/C19H15NS/c1-2-7-14(8-3-1)13-16-15-9-4-5-10-17(15)20-19(16)18-11-6-12-21-18/h1-12,20H,13H2. The molecule has 0 spiro atoms. The van der Waals surface area contributed by atoms with E-state index in [1.807, 2.05) is 0 Å². The van der Waals surface area contributed by atoms with Crippen LogP contribution in [-0.4, -0.2) is 4.98 Å². The van der Waals surface area contributed by atoms with Crippen molar-refractivity contribution in [2.75, 3.05) is 0 Å². The number of aromatic amines is 1. The second-order valence-corrected chi connectivity index (χ2v) is 6.11. The second-order valence-electron chi connectivity index (χ2n) is 5.16. The zero-order valence-corrected chi connectivity index (χ0v) is 12.4. The highest BCUT2D eigenvalue weighted by Crippen LogP contribution is 2.34. The fraction of sp³-hybridized carbons (Fsp3) is 0.0526. The third-order valence-electron chi connectivity index (χ3n) is 3.80. The summed E-state index contributed by atoms with van der Waals surface area (Å²) < 4.78 is 0. The maximum Gasteiger partial charge on any atom is 0.0602 e. The van der Waals surface area contributed by atoms with E-state index < -0.39 is 0 Å². The van der Waals surface area contributed by atoms with Crippen LogP contribution in [0.1, 0.15) is 11.1 Å². The summed E-state index contributed by atoms with van der Waals surface area (Å²) in [5.74, 6) is 0. The van der Waals surface area contributed by atoms with Gasteiger partial charge in [0.2, 0.25) is 0 Å². The predicted molar refractivity (Wildman–Crippen MR) is 90.9 cm³/mol. The summed E-state index contributed by atoms with van der Waals surface area (Å²) in [6.07, 6.45) is 0.956. The van der Waals surface area contributed by atoms with Crippen molar-refractivity contribution in [3.8, 4) is 10.6 Å². The summed E-state index contributed by atoms with van der Waals surface area (Å²) in [6, 6.07) is 23.5. The molecule has 1 nitrogen and oxygen atoms in total. The Morgan fingerprint density at radius 1 is 0.810 bits per heavy atom. The Bertz CT molecular complexity index is 857. The summed E-state index contributed by atoms with van der Waals surface area (Å²) in [5.41, 5.74) is 5.21. The Kier molecular flexibility index (Phi) is 3.09. The molecule has 0 fully saturated rings. The SMILES string of the molecule is c1ccc(Cc2c(-c3cccs3)[nH]c3ccccc23)cc1. The van der Waals surface area contributed by atoms with Crippen molar-refractivity contribution in [2.45, 2.75) is 6.42 Å². The Morgan fingerprint density at radius 2 is 1.62 bits per heavy atom. The fourth-order valence-electron chi connectivity index (χ4n) is 2.81. The fourth-order valence-corrected chi connectivity index (χ4v) is 3.57. The van der Waals surface area contributed by atoms with Crippen LogP contribution in [0.5, 0.6) is 0 Å². The van der Waals surface area contributed by atoms with Crippen molar-refractivity contribution < 1.29 is 0 Å². The molecule has 0 saturated heterocycles. The van der Waals surface area contributed by atoms with Crippen LogP contribution >= 0.6 is 11.3 Å². The van der Waals surface area contributed by atoms with Crippen LogP contribution in [0.4, 0.5) is 0 Å². The molecule has 2 aromatic heterocycles. The number of fused-ring (bicyclic) bond motifs is 1. The van der Waals surface area contributed by atoms with Crippen LogP contribution in [0.2, 0.25) is 0 Å². The Morgan fingerprint density at radius 3 is 2.43 bits per heavy atom. The maximum absolute atomic E-state index is 3.60. The smallest absolute Gasteiger partial charge is 0.0602 e. The number of para-hydroxylation sites is 1. The van der Waals surface area contributed by atoms with Crippen molar-refractivity contribution in [3.63, 3.8) is 0 Å². The molecule has 0 aliphatic rings. The van der Waals surface area contributed by atoms with E-state index in [9.17, 15) is 0 Å². The Labute approximate surface area is 127 Å². The van der Waals surface area contributed by atoms with Gasteiger partial charge in [0.25, 0.3) is 0 Å². The van der Waals surface area contributed by atoms with Crippen molar-refractivity contribution in [1.82, 2.24) is 4.98 Å². The van der Waals surface area contributed by atoms with Crippen molar-refractivity contribution >= 4 is 22.2 Å². The van der Waals surface area contributed by atoms with Gasteiger partial charge in [-0.05, 0) is 28.6 Å². The van der Waals surface area contributed by atoms with Gasteiger partial charge in [0.05, 0.1) is 10.6 Å². The van der Waals surface area contributed by atoms with Crippen LogP contribution in [0.15, 0.2) is 72.1 Å². The van der Waals surface area contributed by atoms with E-state index in [1.165, 1.54) is 32.6 Å². The van der Waals surface area contributed by atoms with E-state index >= 15 is 0 Å². The number of hydrogen-bond acceptors (Lipinski definition) is 1. The molecule has 1 N–H and O–H groups in total. The third kappa shape index (κ3) is 2.28. The molecular formula is C19H15NS. The molecule has 21 heavy (non-hydrogen) atoms. The van der Waals surface area contributed by atoms with Gasteiger partial charge < -0.3 is 4.98 Å². The quantitative estimate of drug-likeness (QED) is 0.513. The van der Waals surface area contributed by atoms with E-state index in [-0.39, 0.29) is 0 Å². The molecular weight excluding hydrogens is 274 g/mol. The number of benzene rings is 2. The molecule has 0 amide bonds. The lowest BCUT2D eigenvalue weighted by molar-refractivity contribution is 1.21. The highest BCUT2D eigenvalue weighted by molar-refractivity contribution is 7.13. The summed E-state index contributed by atoms with van der Waals surface area (Å²) in [6.45, 7) is 0. The summed E-state index contributed by atoms with van der Waals surface area (Å²) in [5, 5.41) is 3.46. The minimum absolute atomic E-state index is 0.956. The lowest BCUT2D eigenvalue weighted by Crippen LogP contribution is -1.89. The predicted octanol–water partition coefficient (Wildman–Crippen LogP) is 5.49. The van der Waals surface area contributed by atoms with Crippen LogP contribution in [0, 0.1) is 0 Å². The lowest BCUT2D eigenvalue weighted by Gasteiger charge is -2.04. The average Bonchev–Trinajstić information content (AvgIpc) is 3.16. The minimum Gasteiger partial charge on any atom is -0.354 e. The number of H-pyrrole nitrogens is 1. The largest absolute Gasteiger partial charge is 0.354 e. The van der Waals surface area contributed by atoms with Crippen molar-refractivity contribution in [3.05, 3.63) is 83.2 Å². The molecule has 0 radical (unpaired) electrons. The number of hydrogen-bond donors (Lipinski definition) is 1. The van der Waals surface area contributed by atoms with E-state index in [1.54, 1.807) is 11.3 Å². The Balaban J connectivity index is 1.91. The third-order valence-corrected chi connectivity index (χ3v) is 4.69. The average molecular weight is 289 g/mol. The monoisotopic (exact) mass is 289 g/mol. The van der Waals surface area contributed by atoms with Crippen LogP contribution in [-0.2, 0) is 6.42 Å². The van der Waals surface area contributed by atoms with Gasteiger partial charge in [-0.2, -0.15) is 0 Å². The molecule has 0 aliphatic carbocycles. The highest BCUT2D eigenvalue weighted by Gasteiger charge is 2.13. The molecule has 4 aromatic rings. The number of aromatic nitrogens is 1. The minimum atomic E-state index is 0.956. The summed E-state index contributed by atoms with van der Waals surface area (Å²) >= 11 is 1.78. The molecule has 0 atom stereocenters. The topological polar surface area (TPSA) is 15.8 Å². The maximum atomic E-state index is 3.60. The van der Waals surface area contributed by atoms with Crippen molar-refractivity contribution in [1.29, 1.82) is 0 Å². The molecule has 2 aromatic carbocycles. The summed E-state index contributed by atoms with van der Waals surface area (Å²) in [4.78, 5) is 4.90. The van der Waals surface area contributed by atoms with Gasteiger partial charge in [0.1, 0.15) is 0 Å².